The maximum atomic E-state index is 11.6. The predicted octanol–water partition coefficient (Wildman–Crippen LogP) is 5.66. The van der Waals surface area contributed by atoms with Crippen LogP contribution in [0.5, 0.6) is 0 Å². The zero-order chi connectivity index (χ0) is 26.6. The molecule has 4 aromatic rings. The van der Waals surface area contributed by atoms with Crippen LogP contribution in [0.25, 0.3) is 5.69 Å². The fraction of sp³-hybridized carbons (Fsp3) is 0.233. The third kappa shape index (κ3) is 5.13. The molecule has 0 saturated carbocycles. The number of rotatable bonds is 9. The summed E-state index contributed by atoms with van der Waals surface area (Å²) < 4.78 is 2.12. The van der Waals surface area contributed by atoms with Gasteiger partial charge in [-0.3, -0.25) is 4.98 Å². The molecular formula is C30H31N5O2S. The molecule has 0 unspecified atom stereocenters. The Hall–Kier alpha value is -4.17. The minimum absolute atomic E-state index is 0.0586. The molecule has 1 fully saturated rings. The Kier molecular flexibility index (Phi) is 7.42. The number of anilines is 1. The second-order valence-electron chi connectivity index (χ2n) is 9.48. The Morgan fingerprint density at radius 1 is 1.05 bits per heavy atom. The molecule has 1 saturated heterocycles. The van der Waals surface area contributed by atoms with Gasteiger partial charge in [-0.1, -0.05) is 30.3 Å². The van der Waals surface area contributed by atoms with E-state index in [4.69, 9.17) is 12.2 Å². The summed E-state index contributed by atoms with van der Waals surface area (Å²) in [5.41, 5.74) is 6.35. The average molecular weight is 526 g/mol. The third-order valence-corrected chi connectivity index (χ3v) is 7.37. The molecule has 2 aromatic carbocycles. The number of carboxylic acids is 1. The van der Waals surface area contributed by atoms with Crippen molar-refractivity contribution in [3.05, 3.63) is 113 Å². The van der Waals surface area contributed by atoms with Crippen LogP contribution in [0.15, 0.2) is 85.1 Å². The van der Waals surface area contributed by atoms with E-state index >= 15 is 0 Å². The van der Waals surface area contributed by atoms with Gasteiger partial charge in [-0.05, 0) is 86.6 Å². The van der Waals surface area contributed by atoms with Crippen molar-refractivity contribution in [2.24, 2.45) is 0 Å². The Morgan fingerprint density at radius 2 is 1.84 bits per heavy atom. The summed E-state index contributed by atoms with van der Waals surface area (Å²) in [6, 6.07) is 25.2. The molecule has 2 atom stereocenters. The van der Waals surface area contributed by atoms with Crippen molar-refractivity contribution in [2.45, 2.75) is 32.4 Å². The molecule has 0 spiro atoms. The van der Waals surface area contributed by atoms with E-state index in [1.807, 2.05) is 48.7 Å². The molecule has 5 rings (SSSR count). The molecule has 0 aliphatic carbocycles. The maximum absolute atomic E-state index is 11.6. The Labute approximate surface area is 228 Å². The normalized spacial score (nSPS) is 16.9. The second-order valence-corrected chi connectivity index (χ2v) is 9.87. The number of nitrogens with zero attached hydrogens (tertiary/aromatic N) is 3. The van der Waals surface area contributed by atoms with Gasteiger partial charge < -0.3 is 25.2 Å². The van der Waals surface area contributed by atoms with Crippen molar-refractivity contribution in [3.63, 3.8) is 0 Å². The van der Waals surface area contributed by atoms with E-state index in [2.05, 4.69) is 57.1 Å². The smallest absolute Gasteiger partial charge is 0.335 e. The lowest BCUT2D eigenvalue weighted by Gasteiger charge is -2.28. The zero-order valence-corrected chi connectivity index (χ0v) is 22.3. The Bertz CT molecular complexity index is 1440. The van der Waals surface area contributed by atoms with Crippen molar-refractivity contribution < 1.29 is 9.90 Å². The molecule has 1 aliphatic heterocycles. The van der Waals surface area contributed by atoms with E-state index in [9.17, 15) is 9.90 Å². The van der Waals surface area contributed by atoms with Crippen molar-refractivity contribution in [1.82, 2.24) is 19.8 Å². The van der Waals surface area contributed by atoms with Crippen LogP contribution in [0, 0.1) is 13.8 Å². The largest absolute Gasteiger partial charge is 0.478 e. The van der Waals surface area contributed by atoms with Crippen LogP contribution in [0.4, 0.5) is 5.69 Å². The highest BCUT2D eigenvalue weighted by Crippen LogP contribution is 2.41. The van der Waals surface area contributed by atoms with E-state index in [1.165, 1.54) is 0 Å². The number of aromatic carboxylic acids is 1. The van der Waals surface area contributed by atoms with Gasteiger partial charge in [0, 0.05) is 42.0 Å². The Balaban J connectivity index is 1.47. The van der Waals surface area contributed by atoms with Crippen LogP contribution in [0.1, 0.15) is 51.5 Å². The number of para-hydroxylation sites is 1. The highest BCUT2D eigenvalue weighted by Gasteiger charge is 2.41. The zero-order valence-electron chi connectivity index (χ0n) is 21.5. The first-order valence-corrected chi connectivity index (χ1v) is 13.1. The molecule has 7 nitrogen and oxygen atoms in total. The first-order chi connectivity index (χ1) is 18.4. The third-order valence-electron chi connectivity index (χ3n) is 7.02. The summed E-state index contributed by atoms with van der Waals surface area (Å²) in [6.45, 7) is 5.74. The molecule has 8 heteroatoms. The average Bonchev–Trinajstić information content (AvgIpc) is 3.42. The number of aryl methyl sites for hydroxylation is 1. The van der Waals surface area contributed by atoms with Gasteiger partial charge in [-0.15, -0.1) is 0 Å². The van der Waals surface area contributed by atoms with Gasteiger partial charge in [0.25, 0.3) is 0 Å². The molecule has 0 bridgehead atoms. The van der Waals surface area contributed by atoms with Gasteiger partial charge in [0.05, 0.1) is 23.3 Å². The second kappa shape index (κ2) is 11.1. The van der Waals surface area contributed by atoms with Crippen LogP contribution >= 0.6 is 12.2 Å². The molecule has 2 aromatic heterocycles. The quantitative estimate of drug-likeness (QED) is 0.192. The number of carbonyl (C=O) groups is 1. The van der Waals surface area contributed by atoms with Gasteiger partial charge in [-0.2, -0.15) is 0 Å². The predicted molar refractivity (Wildman–Crippen MR) is 154 cm³/mol. The van der Waals surface area contributed by atoms with Gasteiger partial charge in [0.15, 0.2) is 5.11 Å². The highest BCUT2D eigenvalue weighted by molar-refractivity contribution is 7.80. The molecular weight excluding hydrogens is 494 g/mol. The highest BCUT2D eigenvalue weighted by atomic mass is 32.1. The number of hydrogen-bond donors (Lipinski definition) is 3. The molecule has 3 N–H and O–H groups in total. The summed E-state index contributed by atoms with van der Waals surface area (Å²) in [7, 11) is 0. The van der Waals surface area contributed by atoms with Crippen molar-refractivity contribution in [1.29, 1.82) is 0 Å². The van der Waals surface area contributed by atoms with Crippen LogP contribution < -0.4 is 10.6 Å². The van der Waals surface area contributed by atoms with E-state index in [0.717, 1.165) is 53.5 Å². The minimum atomic E-state index is -0.939. The van der Waals surface area contributed by atoms with E-state index in [0.29, 0.717) is 5.11 Å². The summed E-state index contributed by atoms with van der Waals surface area (Å²) in [4.78, 5) is 18.5. The molecule has 38 heavy (non-hydrogen) atoms. The first-order valence-electron chi connectivity index (χ1n) is 12.7. The number of carboxylic acid groups (broad SMARTS) is 1. The summed E-state index contributed by atoms with van der Waals surface area (Å²) >= 11 is 5.85. The number of nitrogens with one attached hydrogen (secondary N) is 2. The SMILES string of the molecule is Cc1cc([C@H]2[C@H](c3ccccn3)NC(=S)N2CCCNc2ccccc2)c(C)n1-c1cccc(C(=O)O)c1. The van der Waals surface area contributed by atoms with Gasteiger partial charge >= 0.3 is 5.97 Å². The Morgan fingerprint density at radius 3 is 2.58 bits per heavy atom. The fourth-order valence-corrected chi connectivity index (χ4v) is 5.62. The number of pyridine rings is 1. The standard InChI is InChI=1S/C30H31N5O2S/c1-20-18-25(21(2)35(20)24-13-8-10-22(19-24)29(36)37)28-27(26-14-6-7-15-32-26)33-30(38)34(28)17-9-16-31-23-11-4-3-5-12-23/h3-8,10-15,18-19,27-28,31H,9,16-17H2,1-2H3,(H,33,38)(H,36,37)/t27-,28-/m0/s1. The summed E-state index contributed by atoms with van der Waals surface area (Å²) in [6.07, 6.45) is 2.71. The first kappa shape index (κ1) is 25.5. The maximum Gasteiger partial charge on any atom is 0.335 e. The van der Waals surface area contributed by atoms with Crippen molar-refractivity contribution >= 4 is 29.0 Å². The number of thiocarbonyl (C=S) groups is 1. The molecule has 0 amide bonds. The van der Waals surface area contributed by atoms with E-state index < -0.39 is 5.97 Å². The number of benzene rings is 2. The van der Waals surface area contributed by atoms with Crippen LogP contribution in [0.2, 0.25) is 0 Å². The van der Waals surface area contributed by atoms with Gasteiger partial charge in [0.1, 0.15) is 0 Å². The molecule has 1 aliphatic rings. The lowest BCUT2D eigenvalue weighted by molar-refractivity contribution is 0.0697. The minimum Gasteiger partial charge on any atom is -0.478 e. The number of hydrogen-bond acceptors (Lipinski definition) is 4. The number of aromatic nitrogens is 2. The van der Waals surface area contributed by atoms with Crippen LogP contribution in [0.3, 0.4) is 0 Å². The lowest BCUT2D eigenvalue weighted by Crippen LogP contribution is -2.31. The van der Waals surface area contributed by atoms with Gasteiger partial charge in [-0.25, -0.2) is 4.79 Å². The summed E-state index contributed by atoms with van der Waals surface area (Å²) in [5.74, 6) is -0.939. The van der Waals surface area contributed by atoms with Crippen molar-refractivity contribution in [2.75, 3.05) is 18.4 Å². The van der Waals surface area contributed by atoms with E-state index in [-0.39, 0.29) is 17.6 Å². The topological polar surface area (TPSA) is 82.4 Å². The monoisotopic (exact) mass is 525 g/mol. The molecule has 3 heterocycles. The molecule has 194 valence electrons. The van der Waals surface area contributed by atoms with Crippen LogP contribution in [-0.4, -0.2) is 43.7 Å². The summed E-state index contributed by atoms with van der Waals surface area (Å²) in [5, 5.41) is 17.3. The fourth-order valence-electron chi connectivity index (χ4n) is 5.29. The molecule has 0 radical (unpaired) electrons. The van der Waals surface area contributed by atoms with E-state index in [1.54, 1.807) is 18.2 Å². The lowest BCUT2D eigenvalue weighted by atomic mass is 9.96. The van der Waals surface area contributed by atoms with Gasteiger partial charge in [0.2, 0.25) is 0 Å². The van der Waals surface area contributed by atoms with Crippen molar-refractivity contribution in [3.8, 4) is 5.69 Å². The van der Waals surface area contributed by atoms with Crippen LogP contribution in [-0.2, 0) is 0 Å².